The number of benzene rings is 3. The molecule has 7 heteroatoms. The van der Waals surface area contributed by atoms with Crippen LogP contribution in [0.5, 0.6) is 5.75 Å². The maximum atomic E-state index is 13.5. The van der Waals surface area contributed by atoms with E-state index in [4.69, 9.17) is 14.3 Å². The number of carbonyl (C=O) groups is 1. The molecule has 0 radical (unpaired) electrons. The average molecular weight is 451 g/mol. The van der Waals surface area contributed by atoms with Gasteiger partial charge in [0.05, 0.1) is 12.0 Å². The van der Waals surface area contributed by atoms with Gasteiger partial charge in [-0.1, -0.05) is 72.8 Å². The second-order valence-corrected chi connectivity index (χ2v) is 9.60. The van der Waals surface area contributed by atoms with Crippen LogP contribution in [0.2, 0.25) is 0 Å². The van der Waals surface area contributed by atoms with Crippen LogP contribution in [0, 0.1) is 0 Å². The first-order valence-corrected chi connectivity index (χ1v) is 11.8. The van der Waals surface area contributed by atoms with Crippen LogP contribution in [-0.4, -0.2) is 31.9 Å². The Hall–Kier alpha value is -3.58. The minimum atomic E-state index is -3.56. The van der Waals surface area contributed by atoms with Crippen molar-refractivity contribution >= 4 is 26.8 Å². The smallest absolute Gasteiger partial charge is 0.341 e. The van der Waals surface area contributed by atoms with Crippen molar-refractivity contribution in [2.45, 2.75) is 11.7 Å². The van der Waals surface area contributed by atoms with Gasteiger partial charge in [0.1, 0.15) is 5.25 Å². The standard InChI is InChI=1S/C25H22O6S/c26-23(27)17-30-22-13-7-12-21-20(16-31-24(21)22)14-15-32(28,29)25(18-8-3-1-4-9-18)19-10-5-2-6-11-19/h1-13,16,25H,14-15,17H2,(H,26,27). The van der Waals surface area contributed by atoms with E-state index in [-0.39, 0.29) is 12.2 Å². The molecule has 4 aromatic rings. The zero-order chi connectivity index (χ0) is 22.6. The van der Waals surface area contributed by atoms with Gasteiger partial charge in [0.2, 0.25) is 0 Å². The molecule has 0 atom stereocenters. The Morgan fingerprint density at radius 2 is 1.53 bits per heavy atom. The number of hydrogen-bond acceptors (Lipinski definition) is 5. The molecule has 3 aromatic carbocycles. The second-order valence-electron chi connectivity index (χ2n) is 7.39. The minimum Gasteiger partial charge on any atom is -0.479 e. The molecule has 164 valence electrons. The molecule has 0 unspecified atom stereocenters. The van der Waals surface area contributed by atoms with Crippen LogP contribution in [0.3, 0.4) is 0 Å². The van der Waals surface area contributed by atoms with Gasteiger partial charge in [-0.15, -0.1) is 0 Å². The van der Waals surface area contributed by atoms with Gasteiger partial charge in [-0.25, -0.2) is 13.2 Å². The highest BCUT2D eigenvalue weighted by atomic mass is 32.2. The van der Waals surface area contributed by atoms with Gasteiger partial charge < -0.3 is 14.3 Å². The van der Waals surface area contributed by atoms with Crippen LogP contribution in [0.1, 0.15) is 21.9 Å². The normalized spacial score (nSPS) is 11.7. The molecule has 32 heavy (non-hydrogen) atoms. The summed E-state index contributed by atoms with van der Waals surface area (Å²) in [6.45, 7) is -0.487. The fourth-order valence-corrected chi connectivity index (χ4v) is 5.65. The van der Waals surface area contributed by atoms with Gasteiger partial charge in [-0.05, 0) is 29.2 Å². The summed E-state index contributed by atoms with van der Waals surface area (Å²) in [5.74, 6) is -0.853. The van der Waals surface area contributed by atoms with Gasteiger partial charge in [-0.3, -0.25) is 0 Å². The predicted octanol–water partition coefficient (Wildman–Crippen LogP) is 4.64. The molecule has 0 fully saturated rings. The molecule has 0 aliphatic carbocycles. The maximum Gasteiger partial charge on any atom is 0.341 e. The molecule has 0 aliphatic heterocycles. The van der Waals surface area contributed by atoms with Crippen LogP contribution in [0.4, 0.5) is 0 Å². The molecule has 0 spiro atoms. The van der Waals surface area contributed by atoms with Crippen molar-refractivity contribution in [1.82, 2.24) is 0 Å². The third-order valence-corrected chi connectivity index (χ3v) is 7.25. The Bertz CT molecular complexity index is 1270. The summed E-state index contributed by atoms with van der Waals surface area (Å²) in [6.07, 6.45) is 1.77. The minimum absolute atomic E-state index is 0.0731. The Balaban J connectivity index is 1.61. The number of rotatable bonds is 9. The highest BCUT2D eigenvalue weighted by Crippen LogP contribution is 2.33. The predicted molar refractivity (Wildman–Crippen MR) is 122 cm³/mol. The Labute approximate surface area is 186 Å². The molecule has 0 saturated carbocycles. The zero-order valence-electron chi connectivity index (χ0n) is 17.2. The fraction of sp³-hybridized carbons (Fsp3) is 0.160. The Morgan fingerprint density at radius 1 is 0.906 bits per heavy atom. The molecule has 6 nitrogen and oxygen atoms in total. The van der Waals surface area contributed by atoms with Crippen molar-refractivity contribution in [3.8, 4) is 5.75 Å². The van der Waals surface area contributed by atoms with E-state index in [1.807, 2.05) is 60.7 Å². The molecule has 1 heterocycles. The summed E-state index contributed by atoms with van der Waals surface area (Å²) in [4.78, 5) is 10.8. The number of para-hydroxylation sites is 1. The number of aliphatic carboxylic acids is 1. The van der Waals surface area contributed by atoms with Gasteiger partial charge in [-0.2, -0.15) is 0 Å². The summed E-state index contributed by atoms with van der Waals surface area (Å²) in [7, 11) is -3.56. The summed E-state index contributed by atoms with van der Waals surface area (Å²) in [5.41, 5.74) is 2.58. The molecule has 1 N–H and O–H groups in total. The fourth-order valence-electron chi connectivity index (χ4n) is 3.76. The Morgan fingerprint density at radius 3 is 2.12 bits per heavy atom. The summed E-state index contributed by atoms with van der Waals surface area (Å²) < 4.78 is 37.8. The summed E-state index contributed by atoms with van der Waals surface area (Å²) in [5, 5.41) is 8.78. The van der Waals surface area contributed by atoms with Crippen LogP contribution < -0.4 is 4.74 Å². The topological polar surface area (TPSA) is 93.8 Å². The van der Waals surface area contributed by atoms with E-state index in [2.05, 4.69) is 0 Å². The van der Waals surface area contributed by atoms with Crippen molar-refractivity contribution in [3.05, 3.63) is 102 Å². The van der Waals surface area contributed by atoms with E-state index in [1.165, 1.54) is 6.26 Å². The average Bonchev–Trinajstić information content (AvgIpc) is 3.21. The van der Waals surface area contributed by atoms with Crippen LogP contribution in [0.25, 0.3) is 11.0 Å². The number of hydrogen-bond donors (Lipinski definition) is 1. The number of ether oxygens (including phenoxy) is 1. The number of carboxylic acids is 1. The largest absolute Gasteiger partial charge is 0.479 e. The molecule has 0 saturated heterocycles. The number of furan rings is 1. The van der Waals surface area contributed by atoms with Crippen LogP contribution in [-0.2, 0) is 21.1 Å². The van der Waals surface area contributed by atoms with E-state index in [0.717, 1.165) is 16.7 Å². The first-order valence-electron chi connectivity index (χ1n) is 10.1. The second kappa shape index (κ2) is 9.28. The quantitative estimate of drug-likeness (QED) is 0.399. The lowest BCUT2D eigenvalue weighted by Crippen LogP contribution is -2.19. The van der Waals surface area contributed by atoms with Crippen molar-refractivity contribution in [3.63, 3.8) is 0 Å². The molecule has 0 aliphatic rings. The monoisotopic (exact) mass is 450 g/mol. The number of carboxylic acid groups (broad SMARTS) is 1. The van der Waals surface area contributed by atoms with Crippen molar-refractivity contribution < 1.29 is 27.5 Å². The number of aryl methyl sites for hydroxylation is 1. The third-order valence-electron chi connectivity index (χ3n) is 5.21. The lowest BCUT2D eigenvalue weighted by Gasteiger charge is -2.18. The molecular weight excluding hydrogens is 428 g/mol. The lowest BCUT2D eigenvalue weighted by molar-refractivity contribution is -0.139. The Kier molecular flexibility index (Phi) is 6.28. The molecule has 0 amide bonds. The van der Waals surface area contributed by atoms with E-state index in [9.17, 15) is 13.2 Å². The van der Waals surface area contributed by atoms with Crippen LogP contribution in [0.15, 0.2) is 89.5 Å². The van der Waals surface area contributed by atoms with Crippen LogP contribution >= 0.6 is 0 Å². The van der Waals surface area contributed by atoms with E-state index in [0.29, 0.717) is 16.7 Å². The number of fused-ring (bicyclic) bond motifs is 1. The maximum absolute atomic E-state index is 13.5. The SMILES string of the molecule is O=C(O)COc1cccc2c(CCS(=O)(=O)C(c3ccccc3)c3ccccc3)coc12. The highest BCUT2D eigenvalue weighted by Gasteiger charge is 2.29. The first-order chi connectivity index (χ1) is 15.5. The van der Waals surface area contributed by atoms with Gasteiger partial charge in [0.15, 0.2) is 27.8 Å². The van der Waals surface area contributed by atoms with E-state index < -0.39 is 27.7 Å². The van der Waals surface area contributed by atoms with E-state index in [1.54, 1.807) is 18.2 Å². The summed E-state index contributed by atoms with van der Waals surface area (Å²) in [6, 6.07) is 23.5. The molecule has 4 rings (SSSR count). The zero-order valence-corrected chi connectivity index (χ0v) is 18.0. The van der Waals surface area contributed by atoms with E-state index >= 15 is 0 Å². The van der Waals surface area contributed by atoms with Crippen molar-refractivity contribution in [2.24, 2.45) is 0 Å². The summed E-state index contributed by atoms with van der Waals surface area (Å²) >= 11 is 0. The van der Waals surface area contributed by atoms with Gasteiger partial charge >= 0.3 is 5.97 Å². The molecule has 0 bridgehead atoms. The van der Waals surface area contributed by atoms with Crippen molar-refractivity contribution in [2.75, 3.05) is 12.4 Å². The molecule has 1 aromatic heterocycles. The lowest BCUT2D eigenvalue weighted by atomic mass is 10.0. The highest BCUT2D eigenvalue weighted by molar-refractivity contribution is 7.91. The first kappa shape index (κ1) is 21.6. The van der Waals surface area contributed by atoms with Crippen molar-refractivity contribution in [1.29, 1.82) is 0 Å². The molecular formula is C25H22O6S. The third kappa shape index (κ3) is 4.68. The van der Waals surface area contributed by atoms with Gasteiger partial charge in [0.25, 0.3) is 0 Å². The van der Waals surface area contributed by atoms with Gasteiger partial charge in [0, 0.05) is 5.39 Å². The number of sulfone groups is 1.